The van der Waals surface area contributed by atoms with E-state index in [1.165, 1.54) is 11.6 Å². The zero-order valence-corrected chi connectivity index (χ0v) is 16.1. The van der Waals surface area contributed by atoms with E-state index in [4.69, 9.17) is 16.0 Å². The van der Waals surface area contributed by atoms with E-state index >= 15 is 0 Å². The van der Waals surface area contributed by atoms with Crippen LogP contribution < -0.4 is 16.6 Å². The molecule has 28 heavy (non-hydrogen) atoms. The Balaban J connectivity index is 1.87. The number of furan rings is 1. The summed E-state index contributed by atoms with van der Waals surface area (Å²) in [6.07, 6.45) is 1.59. The number of fused-ring (bicyclic) bond motifs is 1. The summed E-state index contributed by atoms with van der Waals surface area (Å²) in [6.45, 7) is 0.785. The average Bonchev–Trinajstić information content (AvgIpc) is 3.33. The molecule has 0 unspecified atom stereocenters. The molecule has 0 amide bonds. The van der Waals surface area contributed by atoms with Crippen LogP contribution in [0.1, 0.15) is 11.3 Å². The number of aryl methyl sites for hydroxylation is 1. The fourth-order valence-electron chi connectivity index (χ4n) is 3.09. The fourth-order valence-corrected chi connectivity index (χ4v) is 3.21. The van der Waals surface area contributed by atoms with Crippen molar-refractivity contribution in [3.63, 3.8) is 0 Å². The van der Waals surface area contributed by atoms with E-state index in [0.717, 1.165) is 15.9 Å². The number of rotatable bonds is 5. The average molecular weight is 400 g/mol. The summed E-state index contributed by atoms with van der Waals surface area (Å²) in [5, 5.41) is 3.83. The zero-order chi connectivity index (χ0) is 19.8. The normalized spacial score (nSPS) is 11.2. The highest BCUT2D eigenvalue weighted by Crippen LogP contribution is 2.19. The summed E-state index contributed by atoms with van der Waals surface area (Å²) < 4.78 is 9.57. The van der Waals surface area contributed by atoms with E-state index in [1.807, 2.05) is 18.2 Å². The summed E-state index contributed by atoms with van der Waals surface area (Å²) in [7, 11) is 3.06. The fraction of sp³-hybridized carbons (Fsp3) is 0.211. The van der Waals surface area contributed by atoms with Gasteiger partial charge < -0.3 is 9.73 Å². The van der Waals surface area contributed by atoms with Gasteiger partial charge in [-0.25, -0.2) is 4.79 Å². The number of imidazole rings is 1. The minimum atomic E-state index is -0.425. The lowest BCUT2D eigenvalue weighted by atomic mass is 10.2. The lowest BCUT2D eigenvalue weighted by Gasteiger charge is -2.11. The lowest BCUT2D eigenvalue weighted by Crippen LogP contribution is -2.37. The maximum atomic E-state index is 12.8. The molecule has 144 valence electrons. The Bertz CT molecular complexity index is 1250. The first-order chi connectivity index (χ1) is 13.5. The Kier molecular flexibility index (Phi) is 4.56. The third-order valence-electron chi connectivity index (χ3n) is 4.60. The van der Waals surface area contributed by atoms with E-state index < -0.39 is 11.2 Å². The van der Waals surface area contributed by atoms with Gasteiger partial charge in [-0.2, -0.15) is 4.98 Å². The highest BCUT2D eigenvalue weighted by Gasteiger charge is 2.19. The Hall–Kier alpha value is -3.26. The van der Waals surface area contributed by atoms with E-state index in [0.29, 0.717) is 35.2 Å². The first-order valence-electron chi connectivity index (χ1n) is 8.62. The molecule has 0 aliphatic rings. The second-order valence-electron chi connectivity index (χ2n) is 6.46. The molecule has 3 heterocycles. The second-order valence-corrected chi connectivity index (χ2v) is 6.90. The van der Waals surface area contributed by atoms with E-state index in [-0.39, 0.29) is 0 Å². The molecule has 0 bridgehead atoms. The van der Waals surface area contributed by atoms with Crippen LogP contribution in [0.3, 0.4) is 0 Å². The number of benzene rings is 1. The summed E-state index contributed by atoms with van der Waals surface area (Å²) in [5.74, 6) is 1.20. The molecule has 1 N–H and O–H groups in total. The summed E-state index contributed by atoms with van der Waals surface area (Å²) >= 11 is 5.98. The van der Waals surface area contributed by atoms with Crippen LogP contribution in [-0.2, 0) is 27.2 Å². The van der Waals surface area contributed by atoms with Gasteiger partial charge in [-0.05, 0) is 29.8 Å². The molecule has 3 aromatic heterocycles. The molecule has 4 rings (SSSR count). The molecule has 0 saturated carbocycles. The minimum Gasteiger partial charge on any atom is -0.467 e. The molecule has 0 aliphatic heterocycles. The number of nitrogens with zero attached hydrogens (tertiary/aromatic N) is 4. The summed E-state index contributed by atoms with van der Waals surface area (Å²) in [6, 6.07) is 11.0. The predicted octanol–water partition coefficient (Wildman–Crippen LogP) is 2.34. The monoisotopic (exact) mass is 399 g/mol. The molecule has 0 spiro atoms. The molecule has 0 saturated heterocycles. The number of hydrogen-bond donors (Lipinski definition) is 1. The molecule has 9 heteroatoms. The molecule has 4 aromatic rings. The first kappa shape index (κ1) is 18.1. The predicted molar refractivity (Wildman–Crippen MR) is 107 cm³/mol. The van der Waals surface area contributed by atoms with E-state index in [2.05, 4.69) is 10.3 Å². The summed E-state index contributed by atoms with van der Waals surface area (Å²) in [5.41, 5.74) is 0.794. The van der Waals surface area contributed by atoms with Crippen LogP contribution in [0.5, 0.6) is 0 Å². The van der Waals surface area contributed by atoms with Gasteiger partial charge in [0, 0.05) is 19.1 Å². The van der Waals surface area contributed by atoms with Crippen LogP contribution >= 0.6 is 11.6 Å². The van der Waals surface area contributed by atoms with Gasteiger partial charge in [0.05, 0.1) is 19.4 Å². The highest BCUT2D eigenvalue weighted by atomic mass is 35.5. The molecule has 0 atom stereocenters. The van der Waals surface area contributed by atoms with Crippen LogP contribution in [0.2, 0.25) is 5.02 Å². The number of anilines is 1. The number of nitrogens with one attached hydrogen (secondary N) is 1. The van der Waals surface area contributed by atoms with Crippen molar-refractivity contribution in [1.29, 1.82) is 0 Å². The number of halogens is 1. The van der Waals surface area contributed by atoms with Gasteiger partial charge in [-0.15, -0.1) is 0 Å². The zero-order valence-electron chi connectivity index (χ0n) is 15.3. The van der Waals surface area contributed by atoms with Gasteiger partial charge in [0.2, 0.25) is 5.95 Å². The third kappa shape index (κ3) is 3.11. The molecule has 0 fully saturated rings. The molecular formula is C19H18ClN5O3. The van der Waals surface area contributed by atoms with Gasteiger partial charge >= 0.3 is 5.69 Å². The standard InChI is InChI=1S/C19H18ClN5O3/c1-23-16-15(17(26)24(2)19(23)27)25(11-12-5-7-13(20)8-6-12)18(22-16)21-10-14-4-3-9-28-14/h3-9H,10-11H2,1-2H3,(H,21,22). The smallest absolute Gasteiger partial charge is 0.332 e. The Labute approximate surface area is 164 Å². The van der Waals surface area contributed by atoms with Crippen LogP contribution in [0, 0.1) is 0 Å². The van der Waals surface area contributed by atoms with E-state index in [1.54, 1.807) is 36.1 Å². The van der Waals surface area contributed by atoms with Gasteiger partial charge in [-0.1, -0.05) is 23.7 Å². The van der Waals surface area contributed by atoms with Crippen LogP contribution in [0.15, 0.2) is 56.7 Å². The topological polar surface area (TPSA) is 87.0 Å². The van der Waals surface area contributed by atoms with Crippen molar-refractivity contribution in [2.24, 2.45) is 14.1 Å². The maximum Gasteiger partial charge on any atom is 0.332 e. The van der Waals surface area contributed by atoms with Gasteiger partial charge in [0.25, 0.3) is 5.56 Å². The van der Waals surface area contributed by atoms with Gasteiger partial charge in [0.15, 0.2) is 11.2 Å². The van der Waals surface area contributed by atoms with Gasteiger partial charge in [0.1, 0.15) is 5.76 Å². The van der Waals surface area contributed by atoms with Crippen molar-refractivity contribution in [1.82, 2.24) is 18.7 Å². The van der Waals surface area contributed by atoms with Crippen LogP contribution in [0.4, 0.5) is 5.95 Å². The Morgan fingerprint density at radius 2 is 1.86 bits per heavy atom. The van der Waals surface area contributed by atoms with Crippen molar-refractivity contribution in [3.8, 4) is 0 Å². The second kappa shape index (κ2) is 7.05. The largest absolute Gasteiger partial charge is 0.467 e. The highest BCUT2D eigenvalue weighted by molar-refractivity contribution is 6.30. The third-order valence-corrected chi connectivity index (χ3v) is 4.85. The number of aromatic nitrogens is 4. The van der Waals surface area contributed by atoms with Crippen molar-refractivity contribution in [2.45, 2.75) is 13.1 Å². The van der Waals surface area contributed by atoms with Crippen LogP contribution in [-0.4, -0.2) is 18.7 Å². The quantitative estimate of drug-likeness (QED) is 0.556. The van der Waals surface area contributed by atoms with Crippen molar-refractivity contribution >= 4 is 28.7 Å². The first-order valence-corrected chi connectivity index (χ1v) is 9.00. The van der Waals surface area contributed by atoms with E-state index in [9.17, 15) is 9.59 Å². The molecular weight excluding hydrogens is 382 g/mol. The Morgan fingerprint density at radius 1 is 1.11 bits per heavy atom. The molecule has 0 aliphatic carbocycles. The van der Waals surface area contributed by atoms with Gasteiger partial charge in [-0.3, -0.25) is 18.5 Å². The minimum absolute atomic E-state index is 0.323. The lowest BCUT2D eigenvalue weighted by molar-refractivity contribution is 0.517. The number of hydrogen-bond acceptors (Lipinski definition) is 5. The van der Waals surface area contributed by atoms with Crippen molar-refractivity contribution in [3.05, 3.63) is 79.8 Å². The van der Waals surface area contributed by atoms with Crippen LogP contribution in [0.25, 0.3) is 11.2 Å². The van der Waals surface area contributed by atoms with Crippen molar-refractivity contribution < 1.29 is 4.42 Å². The molecule has 1 aromatic carbocycles. The maximum absolute atomic E-state index is 12.8. The SMILES string of the molecule is Cn1c(=O)c2c(nc(NCc3ccco3)n2Cc2ccc(Cl)cc2)n(C)c1=O. The Morgan fingerprint density at radius 3 is 2.54 bits per heavy atom. The van der Waals surface area contributed by atoms with Crippen molar-refractivity contribution in [2.75, 3.05) is 5.32 Å². The molecule has 8 nitrogen and oxygen atoms in total. The molecule has 0 radical (unpaired) electrons. The summed E-state index contributed by atoms with van der Waals surface area (Å²) in [4.78, 5) is 29.6.